The van der Waals surface area contributed by atoms with Crippen molar-refractivity contribution in [1.82, 2.24) is 5.32 Å². The van der Waals surface area contributed by atoms with Gasteiger partial charge in [0.05, 0.1) is 106 Å². The molecule has 0 unspecified atom stereocenters. The van der Waals surface area contributed by atoms with E-state index in [4.69, 9.17) is 43.6 Å². The molecule has 0 radical (unpaired) electrons. The van der Waals surface area contributed by atoms with Gasteiger partial charge in [-0.1, -0.05) is 0 Å². The Labute approximate surface area is 196 Å². The lowest BCUT2D eigenvalue weighted by Crippen LogP contribution is -2.25. The van der Waals surface area contributed by atoms with Crippen LogP contribution in [0.2, 0.25) is 0 Å². The van der Waals surface area contributed by atoms with Crippen LogP contribution < -0.4 is 11.1 Å². The number of rotatable bonds is 27. The van der Waals surface area contributed by atoms with E-state index in [1.807, 2.05) is 0 Å². The number of carbonyl (C=O) groups excluding carboxylic acids is 2. The average Bonchev–Trinajstić information content (AvgIpc) is 2.78. The number of carbonyl (C=O) groups is 2. The predicted molar refractivity (Wildman–Crippen MR) is 119 cm³/mol. The van der Waals surface area contributed by atoms with Crippen molar-refractivity contribution in [3.05, 3.63) is 0 Å². The summed E-state index contributed by atoms with van der Waals surface area (Å²) < 4.78 is 42.7. The number of amides is 2. The standard InChI is InChI=1S/C21H42N2O10/c1-20(24)23-3-5-27-7-9-29-11-13-31-15-17-33-19-18-32-16-14-30-12-10-28-8-6-26-4-2-21(22)25/h2-19H2,1H3,(H2,22,25)(H,23,24). The number of ether oxygens (including phenoxy) is 8. The summed E-state index contributed by atoms with van der Waals surface area (Å²) >= 11 is 0. The third-order valence-corrected chi connectivity index (χ3v) is 3.72. The largest absolute Gasteiger partial charge is 0.379 e. The highest BCUT2D eigenvalue weighted by Crippen LogP contribution is 1.86. The summed E-state index contributed by atoms with van der Waals surface area (Å²) in [7, 11) is 0. The monoisotopic (exact) mass is 482 g/mol. The third-order valence-electron chi connectivity index (χ3n) is 3.72. The van der Waals surface area contributed by atoms with Gasteiger partial charge in [-0.15, -0.1) is 0 Å². The van der Waals surface area contributed by atoms with Gasteiger partial charge in [0.15, 0.2) is 0 Å². The lowest BCUT2D eigenvalue weighted by Gasteiger charge is -2.08. The van der Waals surface area contributed by atoms with Crippen LogP contribution in [0.5, 0.6) is 0 Å². The quantitative estimate of drug-likeness (QED) is 0.142. The van der Waals surface area contributed by atoms with E-state index >= 15 is 0 Å². The molecule has 12 heteroatoms. The molecule has 2 amide bonds. The molecule has 0 spiro atoms. The summed E-state index contributed by atoms with van der Waals surface area (Å²) in [6, 6.07) is 0. The minimum atomic E-state index is -0.374. The molecule has 0 bridgehead atoms. The predicted octanol–water partition coefficient (Wildman–Crippen LogP) is -0.869. The topological polar surface area (TPSA) is 146 Å². The first-order valence-electron chi connectivity index (χ1n) is 11.3. The molecule has 0 saturated heterocycles. The van der Waals surface area contributed by atoms with Gasteiger partial charge in [-0.05, 0) is 0 Å². The van der Waals surface area contributed by atoms with Crippen molar-refractivity contribution in [2.75, 3.05) is 112 Å². The number of hydrogen-bond donors (Lipinski definition) is 2. The Balaban J connectivity index is 3.02. The second-order valence-electron chi connectivity index (χ2n) is 6.60. The molecule has 0 aliphatic rings. The number of nitrogens with two attached hydrogens (primary N) is 1. The van der Waals surface area contributed by atoms with Gasteiger partial charge in [0.25, 0.3) is 0 Å². The fourth-order valence-electron chi connectivity index (χ4n) is 2.11. The maximum absolute atomic E-state index is 10.7. The average molecular weight is 483 g/mol. The van der Waals surface area contributed by atoms with Crippen molar-refractivity contribution in [2.45, 2.75) is 13.3 Å². The van der Waals surface area contributed by atoms with Crippen molar-refractivity contribution in [3.63, 3.8) is 0 Å². The molecule has 0 heterocycles. The summed E-state index contributed by atoms with van der Waals surface area (Å²) in [5, 5.41) is 2.65. The third kappa shape index (κ3) is 30.6. The number of primary amides is 1. The Morgan fingerprint density at radius 1 is 0.515 bits per heavy atom. The summed E-state index contributed by atoms with van der Waals surface area (Å²) in [5.74, 6) is -0.438. The van der Waals surface area contributed by atoms with Gasteiger partial charge in [0, 0.05) is 19.9 Å². The van der Waals surface area contributed by atoms with Gasteiger partial charge in [-0.2, -0.15) is 0 Å². The molecule has 0 aromatic rings. The van der Waals surface area contributed by atoms with E-state index in [0.717, 1.165) is 0 Å². The Morgan fingerprint density at radius 2 is 0.788 bits per heavy atom. The summed E-state index contributed by atoms with van der Waals surface area (Å²) in [5.41, 5.74) is 5.00. The van der Waals surface area contributed by atoms with E-state index in [-0.39, 0.29) is 18.2 Å². The van der Waals surface area contributed by atoms with Crippen LogP contribution in [0, 0.1) is 0 Å². The molecule has 0 rings (SSSR count). The zero-order chi connectivity index (χ0) is 24.2. The lowest BCUT2D eigenvalue weighted by molar-refractivity contribution is -0.120. The van der Waals surface area contributed by atoms with Crippen LogP contribution in [-0.2, 0) is 47.5 Å². The first kappa shape index (κ1) is 31.6. The molecule has 0 aliphatic heterocycles. The number of nitrogens with one attached hydrogen (secondary N) is 1. The fourth-order valence-corrected chi connectivity index (χ4v) is 2.11. The van der Waals surface area contributed by atoms with Crippen LogP contribution in [0.25, 0.3) is 0 Å². The molecule has 0 aliphatic carbocycles. The zero-order valence-corrected chi connectivity index (χ0v) is 19.9. The normalized spacial score (nSPS) is 11.1. The van der Waals surface area contributed by atoms with Crippen LogP contribution in [0.15, 0.2) is 0 Å². The minimum absolute atomic E-state index is 0.0635. The van der Waals surface area contributed by atoms with E-state index in [1.165, 1.54) is 6.92 Å². The van der Waals surface area contributed by atoms with Crippen molar-refractivity contribution in [2.24, 2.45) is 5.73 Å². The molecular formula is C21H42N2O10. The zero-order valence-electron chi connectivity index (χ0n) is 19.9. The van der Waals surface area contributed by atoms with Crippen LogP contribution in [0.4, 0.5) is 0 Å². The first-order chi connectivity index (χ1) is 16.1. The van der Waals surface area contributed by atoms with E-state index in [9.17, 15) is 9.59 Å². The van der Waals surface area contributed by atoms with Crippen molar-refractivity contribution in [1.29, 1.82) is 0 Å². The van der Waals surface area contributed by atoms with E-state index in [0.29, 0.717) is 112 Å². The summed E-state index contributed by atoms with van der Waals surface area (Å²) in [6.07, 6.45) is 0.221. The Hall–Kier alpha value is -1.38. The highest BCUT2D eigenvalue weighted by Gasteiger charge is 1.96. The molecule has 3 N–H and O–H groups in total. The molecule has 0 aromatic heterocycles. The molecule has 0 aromatic carbocycles. The van der Waals surface area contributed by atoms with Gasteiger partial charge >= 0.3 is 0 Å². The van der Waals surface area contributed by atoms with Crippen molar-refractivity contribution in [3.8, 4) is 0 Å². The molecular weight excluding hydrogens is 440 g/mol. The second kappa shape index (κ2) is 26.9. The molecule has 0 fully saturated rings. The van der Waals surface area contributed by atoms with Gasteiger partial charge in [-0.3, -0.25) is 9.59 Å². The van der Waals surface area contributed by atoms with Gasteiger partial charge < -0.3 is 48.9 Å². The highest BCUT2D eigenvalue weighted by molar-refractivity contribution is 5.73. The SMILES string of the molecule is CC(=O)NCCOCCOCCOCCOCCOCCOCCOCCOCCC(N)=O. The maximum Gasteiger partial charge on any atom is 0.219 e. The Morgan fingerprint density at radius 3 is 1.06 bits per heavy atom. The molecule has 196 valence electrons. The van der Waals surface area contributed by atoms with Gasteiger partial charge in [-0.25, -0.2) is 0 Å². The lowest BCUT2D eigenvalue weighted by atomic mass is 10.4. The molecule has 12 nitrogen and oxygen atoms in total. The van der Waals surface area contributed by atoms with Crippen LogP contribution >= 0.6 is 0 Å². The smallest absolute Gasteiger partial charge is 0.219 e. The molecule has 33 heavy (non-hydrogen) atoms. The molecule has 0 saturated carbocycles. The van der Waals surface area contributed by atoms with Crippen molar-refractivity contribution < 1.29 is 47.5 Å². The highest BCUT2D eigenvalue weighted by atomic mass is 16.6. The van der Waals surface area contributed by atoms with Crippen LogP contribution in [-0.4, -0.2) is 124 Å². The van der Waals surface area contributed by atoms with Gasteiger partial charge in [0.2, 0.25) is 11.8 Å². The maximum atomic E-state index is 10.7. The summed E-state index contributed by atoms with van der Waals surface area (Å²) in [4.78, 5) is 21.2. The van der Waals surface area contributed by atoms with Crippen LogP contribution in [0.3, 0.4) is 0 Å². The summed E-state index contributed by atoms with van der Waals surface area (Å²) in [6.45, 7) is 9.51. The Kier molecular flexibility index (Phi) is 25.7. The van der Waals surface area contributed by atoms with E-state index in [2.05, 4.69) is 5.32 Å². The first-order valence-corrected chi connectivity index (χ1v) is 11.3. The second-order valence-corrected chi connectivity index (χ2v) is 6.60. The van der Waals surface area contributed by atoms with Crippen molar-refractivity contribution >= 4 is 11.8 Å². The Bertz CT molecular complexity index is 405. The fraction of sp³-hybridized carbons (Fsp3) is 0.905. The molecule has 0 atom stereocenters. The van der Waals surface area contributed by atoms with Crippen LogP contribution in [0.1, 0.15) is 13.3 Å². The van der Waals surface area contributed by atoms with E-state index < -0.39 is 0 Å². The van der Waals surface area contributed by atoms with E-state index in [1.54, 1.807) is 0 Å². The van der Waals surface area contributed by atoms with Gasteiger partial charge in [0.1, 0.15) is 0 Å². The minimum Gasteiger partial charge on any atom is -0.379 e. The number of hydrogen-bond acceptors (Lipinski definition) is 10.